The molecule has 3 nitrogen and oxygen atoms in total. The molecule has 0 saturated heterocycles. The molecule has 21 heavy (non-hydrogen) atoms. The topological polar surface area (TPSA) is 29.9 Å². The average molecular weight is 299 g/mol. The highest BCUT2D eigenvalue weighted by Gasteiger charge is 2.08. The number of hydrogen-bond acceptors (Lipinski definition) is 3. The second-order valence-electron chi connectivity index (χ2n) is 5.70. The second-order valence-corrected chi connectivity index (χ2v) is 6.59. The van der Waals surface area contributed by atoms with E-state index in [1.807, 2.05) is 7.05 Å². The molecule has 2 heterocycles. The summed E-state index contributed by atoms with van der Waals surface area (Å²) < 4.78 is 2.29. The van der Waals surface area contributed by atoms with Gasteiger partial charge in [-0.15, -0.1) is 11.3 Å². The molecule has 0 unspecified atom stereocenters. The van der Waals surface area contributed by atoms with E-state index in [-0.39, 0.29) is 0 Å². The van der Waals surface area contributed by atoms with Gasteiger partial charge in [0.15, 0.2) is 0 Å². The Hall–Kier alpha value is -1.65. The van der Waals surface area contributed by atoms with E-state index < -0.39 is 0 Å². The number of aromatic nitrogens is 2. The average Bonchev–Trinajstić information content (AvgIpc) is 3.07. The summed E-state index contributed by atoms with van der Waals surface area (Å²) in [6.45, 7) is 6.13. The Labute approximate surface area is 129 Å². The molecule has 0 fully saturated rings. The van der Waals surface area contributed by atoms with E-state index >= 15 is 0 Å². The van der Waals surface area contributed by atoms with Crippen LogP contribution < -0.4 is 5.32 Å². The molecule has 0 aliphatic heterocycles. The number of fused-ring (bicyclic) bond motifs is 1. The van der Waals surface area contributed by atoms with Crippen LogP contribution in [0.4, 0.5) is 0 Å². The van der Waals surface area contributed by atoms with Gasteiger partial charge in [0.1, 0.15) is 0 Å². The van der Waals surface area contributed by atoms with Gasteiger partial charge in [-0.3, -0.25) is 0 Å². The second kappa shape index (κ2) is 6.00. The zero-order valence-electron chi connectivity index (χ0n) is 12.8. The van der Waals surface area contributed by atoms with Crippen LogP contribution in [0.3, 0.4) is 0 Å². The van der Waals surface area contributed by atoms with E-state index in [0.717, 1.165) is 18.8 Å². The summed E-state index contributed by atoms with van der Waals surface area (Å²) in [5, 5.41) is 7.89. The first-order valence-corrected chi connectivity index (χ1v) is 8.22. The van der Waals surface area contributed by atoms with Gasteiger partial charge in [0.25, 0.3) is 0 Å². The fourth-order valence-electron chi connectivity index (χ4n) is 2.52. The summed E-state index contributed by atoms with van der Waals surface area (Å²) >= 11 is 1.76. The number of nitrogens with one attached hydrogen (secondary N) is 1. The molecule has 2 aromatic heterocycles. The summed E-state index contributed by atoms with van der Waals surface area (Å²) in [6.07, 6.45) is 2.15. The van der Waals surface area contributed by atoms with Crippen molar-refractivity contribution in [2.24, 2.45) is 0 Å². The van der Waals surface area contributed by atoms with Crippen LogP contribution in [-0.4, -0.2) is 16.6 Å². The molecule has 0 bridgehead atoms. The maximum Gasteiger partial charge on any atom is 0.0954 e. The molecule has 0 radical (unpaired) electrons. The Bertz CT molecular complexity index is 739. The number of nitrogens with zero attached hydrogens (tertiary/aromatic N) is 2. The number of hydrogen-bond donors (Lipinski definition) is 1. The van der Waals surface area contributed by atoms with Gasteiger partial charge in [-0.05, 0) is 30.1 Å². The molecule has 0 atom stereocenters. The minimum absolute atomic E-state index is 0.507. The van der Waals surface area contributed by atoms with Crippen molar-refractivity contribution in [1.82, 2.24) is 14.9 Å². The molecular formula is C17H21N3S. The van der Waals surface area contributed by atoms with Crippen LogP contribution in [0.15, 0.2) is 35.8 Å². The van der Waals surface area contributed by atoms with Crippen molar-refractivity contribution in [3.05, 3.63) is 52.1 Å². The Morgan fingerprint density at radius 3 is 2.86 bits per heavy atom. The summed E-state index contributed by atoms with van der Waals surface area (Å²) in [5.74, 6) is 0.507. The summed E-state index contributed by atoms with van der Waals surface area (Å²) in [6, 6.07) is 8.82. The zero-order chi connectivity index (χ0) is 14.8. The Morgan fingerprint density at radius 1 is 1.29 bits per heavy atom. The van der Waals surface area contributed by atoms with Gasteiger partial charge in [-0.2, -0.15) is 0 Å². The van der Waals surface area contributed by atoms with Crippen LogP contribution in [0.1, 0.15) is 36.0 Å². The number of benzene rings is 1. The quantitative estimate of drug-likeness (QED) is 0.772. The van der Waals surface area contributed by atoms with Crippen LogP contribution in [0.25, 0.3) is 10.9 Å². The lowest BCUT2D eigenvalue weighted by atomic mass is 10.1. The molecule has 0 amide bonds. The molecule has 0 aliphatic rings. The Kier molecular flexibility index (Phi) is 4.08. The van der Waals surface area contributed by atoms with Gasteiger partial charge in [0, 0.05) is 29.6 Å². The molecule has 1 N–H and O–H groups in total. The molecule has 4 heteroatoms. The fourth-order valence-corrected chi connectivity index (χ4v) is 3.34. The van der Waals surface area contributed by atoms with Crippen molar-refractivity contribution in [2.75, 3.05) is 7.05 Å². The maximum absolute atomic E-state index is 4.74. The van der Waals surface area contributed by atoms with Gasteiger partial charge < -0.3 is 9.88 Å². The molecule has 3 rings (SSSR count). The van der Waals surface area contributed by atoms with E-state index in [4.69, 9.17) is 4.98 Å². The van der Waals surface area contributed by atoms with Crippen LogP contribution in [-0.2, 0) is 13.1 Å². The lowest BCUT2D eigenvalue weighted by Gasteiger charge is -2.06. The van der Waals surface area contributed by atoms with E-state index in [1.54, 1.807) is 11.3 Å². The first-order chi connectivity index (χ1) is 10.2. The molecular weight excluding hydrogens is 278 g/mol. The first kappa shape index (κ1) is 14.3. The minimum atomic E-state index is 0.507. The third kappa shape index (κ3) is 3.01. The van der Waals surface area contributed by atoms with E-state index in [9.17, 15) is 0 Å². The van der Waals surface area contributed by atoms with Crippen LogP contribution in [0.2, 0.25) is 0 Å². The molecule has 1 aromatic carbocycles. The van der Waals surface area contributed by atoms with Gasteiger partial charge >= 0.3 is 0 Å². The minimum Gasteiger partial charge on any atom is -0.341 e. The summed E-state index contributed by atoms with van der Waals surface area (Å²) in [5.41, 5.74) is 3.74. The SMILES string of the molecule is CNCc1ccc2ccn(Cc3csc(C(C)C)n3)c2c1. The van der Waals surface area contributed by atoms with Gasteiger partial charge in [0.2, 0.25) is 0 Å². The van der Waals surface area contributed by atoms with Crippen molar-refractivity contribution >= 4 is 22.2 Å². The molecule has 0 spiro atoms. The Balaban J connectivity index is 1.90. The molecule has 0 aliphatic carbocycles. The monoisotopic (exact) mass is 299 g/mol. The highest BCUT2D eigenvalue weighted by Crippen LogP contribution is 2.22. The summed E-state index contributed by atoms with van der Waals surface area (Å²) in [7, 11) is 1.98. The third-order valence-electron chi connectivity index (χ3n) is 3.61. The van der Waals surface area contributed by atoms with Gasteiger partial charge in [0.05, 0.1) is 17.2 Å². The van der Waals surface area contributed by atoms with Crippen molar-refractivity contribution < 1.29 is 0 Å². The smallest absolute Gasteiger partial charge is 0.0954 e. The van der Waals surface area contributed by atoms with E-state index in [2.05, 4.69) is 59.6 Å². The highest BCUT2D eigenvalue weighted by molar-refractivity contribution is 7.09. The van der Waals surface area contributed by atoms with Gasteiger partial charge in [-0.1, -0.05) is 26.0 Å². The standard InChI is InChI=1S/C17H21N3S/c1-12(2)17-19-15(11-21-17)10-20-7-6-14-5-4-13(9-18-3)8-16(14)20/h4-8,11-12,18H,9-10H2,1-3H3. The third-order valence-corrected chi connectivity index (χ3v) is 4.81. The van der Waals surface area contributed by atoms with Crippen molar-refractivity contribution in [1.29, 1.82) is 0 Å². The fraction of sp³-hybridized carbons (Fsp3) is 0.353. The summed E-state index contributed by atoms with van der Waals surface area (Å²) in [4.78, 5) is 4.74. The van der Waals surface area contributed by atoms with Crippen molar-refractivity contribution in [3.8, 4) is 0 Å². The van der Waals surface area contributed by atoms with E-state index in [0.29, 0.717) is 5.92 Å². The Morgan fingerprint density at radius 2 is 2.14 bits per heavy atom. The van der Waals surface area contributed by atoms with Crippen LogP contribution >= 0.6 is 11.3 Å². The van der Waals surface area contributed by atoms with Crippen molar-refractivity contribution in [3.63, 3.8) is 0 Å². The highest BCUT2D eigenvalue weighted by atomic mass is 32.1. The first-order valence-electron chi connectivity index (χ1n) is 7.34. The zero-order valence-corrected chi connectivity index (χ0v) is 13.6. The molecule has 0 saturated carbocycles. The molecule has 3 aromatic rings. The number of rotatable bonds is 5. The lowest BCUT2D eigenvalue weighted by Crippen LogP contribution is -2.05. The number of thiazole rings is 1. The lowest BCUT2D eigenvalue weighted by molar-refractivity contribution is 0.785. The largest absolute Gasteiger partial charge is 0.341 e. The van der Waals surface area contributed by atoms with Crippen LogP contribution in [0, 0.1) is 0 Å². The van der Waals surface area contributed by atoms with Gasteiger partial charge in [-0.25, -0.2) is 4.98 Å². The van der Waals surface area contributed by atoms with Crippen molar-refractivity contribution in [2.45, 2.75) is 32.9 Å². The predicted octanol–water partition coefficient (Wildman–Crippen LogP) is 3.99. The van der Waals surface area contributed by atoms with Crippen LogP contribution in [0.5, 0.6) is 0 Å². The maximum atomic E-state index is 4.74. The predicted molar refractivity (Wildman–Crippen MR) is 90.0 cm³/mol. The normalized spacial score (nSPS) is 11.6. The molecule has 110 valence electrons. The van der Waals surface area contributed by atoms with E-state index in [1.165, 1.54) is 21.5 Å².